The van der Waals surface area contributed by atoms with Crippen LogP contribution in [0.15, 0.2) is 29.6 Å². The van der Waals surface area contributed by atoms with Crippen LogP contribution < -0.4 is 0 Å². The van der Waals surface area contributed by atoms with Gasteiger partial charge >= 0.3 is 0 Å². The van der Waals surface area contributed by atoms with E-state index in [-0.39, 0.29) is 5.78 Å². The van der Waals surface area contributed by atoms with E-state index >= 15 is 0 Å². The van der Waals surface area contributed by atoms with Crippen molar-refractivity contribution >= 4 is 17.1 Å². The molecule has 0 aliphatic carbocycles. The fourth-order valence-electron chi connectivity index (χ4n) is 1.88. The third-order valence-corrected chi connectivity index (χ3v) is 3.56. The molecule has 0 fully saturated rings. The standard InChI is InChI=1S/C14H14OS/c1-9-5-4-6-10(2)13(9)14(15)12-7-11(3)16-8-12/h4-8H,1-3H3. The van der Waals surface area contributed by atoms with Gasteiger partial charge < -0.3 is 0 Å². The lowest BCUT2D eigenvalue weighted by Gasteiger charge is -2.06. The Morgan fingerprint density at radius 2 is 1.75 bits per heavy atom. The van der Waals surface area contributed by atoms with Gasteiger partial charge in [-0.1, -0.05) is 18.2 Å². The zero-order chi connectivity index (χ0) is 11.7. The average molecular weight is 230 g/mol. The average Bonchev–Trinajstić information content (AvgIpc) is 2.64. The third-order valence-electron chi connectivity index (χ3n) is 2.70. The van der Waals surface area contributed by atoms with Crippen LogP contribution in [0, 0.1) is 20.8 Å². The van der Waals surface area contributed by atoms with Crippen LogP contribution in [-0.2, 0) is 0 Å². The number of carbonyl (C=O) groups excluding carboxylic acids is 1. The number of benzene rings is 1. The second-order valence-corrected chi connectivity index (χ2v) is 5.16. The van der Waals surface area contributed by atoms with Gasteiger partial charge in [0.05, 0.1) is 0 Å². The highest BCUT2D eigenvalue weighted by Crippen LogP contribution is 2.21. The molecular weight excluding hydrogens is 216 g/mol. The van der Waals surface area contributed by atoms with Crippen molar-refractivity contribution in [3.8, 4) is 0 Å². The lowest BCUT2D eigenvalue weighted by atomic mass is 9.96. The molecule has 0 atom stereocenters. The van der Waals surface area contributed by atoms with Crippen LogP contribution in [0.5, 0.6) is 0 Å². The summed E-state index contributed by atoms with van der Waals surface area (Å²) in [6.45, 7) is 5.99. The molecule has 0 spiro atoms. The number of ketones is 1. The predicted molar refractivity (Wildman–Crippen MR) is 68.4 cm³/mol. The quantitative estimate of drug-likeness (QED) is 0.715. The van der Waals surface area contributed by atoms with Gasteiger partial charge in [0.1, 0.15) is 0 Å². The Labute approximate surface area is 99.8 Å². The fourth-order valence-corrected chi connectivity index (χ4v) is 2.56. The summed E-state index contributed by atoms with van der Waals surface area (Å²) in [4.78, 5) is 13.5. The molecule has 1 heterocycles. The zero-order valence-corrected chi connectivity index (χ0v) is 10.5. The Hall–Kier alpha value is -1.41. The molecule has 0 bridgehead atoms. The molecule has 2 aromatic rings. The molecule has 0 aliphatic rings. The lowest BCUT2D eigenvalue weighted by molar-refractivity contribution is 0.103. The summed E-state index contributed by atoms with van der Waals surface area (Å²) in [5, 5.41) is 1.93. The summed E-state index contributed by atoms with van der Waals surface area (Å²) < 4.78 is 0. The maximum Gasteiger partial charge on any atom is 0.194 e. The maximum atomic E-state index is 12.3. The molecule has 0 amide bonds. The van der Waals surface area contributed by atoms with E-state index in [4.69, 9.17) is 0 Å². The van der Waals surface area contributed by atoms with Crippen molar-refractivity contribution in [3.05, 3.63) is 56.8 Å². The van der Waals surface area contributed by atoms with Crippen molar-refractivity contribution in [1.82, 2.24) is 0 Å². The minimum Gasteiger partial charge on any atom is -0.289 e. The van der Waals surface area contributed by atoms with Gasteiger partial charge in [0, 0.05) is 21.4 Å². The first kappa shape index (κ1) is 11.1. The first-order valence-corrected chi connectivity index (χ1v) is 6.13. The molecule has 1 aromatic heterocycles. The molecule has 0 saturated carbocycles. The highest BCUT2D eigenvalue weighted by atomic mass is 32.1. The van der Waals surface area contributed by atoms with Crippen LogP contribution in [0.1, 0.15) is 31.9 Å². The SMILES string of the molecule is Cc1cc(C(=O)c2c(C)cccc2C)cs1. The van der Waals surface area contributed by atoms with Crippen LogP contribution >= 0.6 is 11.3 Å². The molecule has 0 radical (unpaired) electrons. The van der Waals surface area contributed by atoms with Gasteiger partial charge in [-0.05, 0) is 38.0 Å². The van der Waals surface area contributed by atoms with Crippen molar-refractivity contribution < 1.29 is 4.79 Å². The molecule has 0 aliphatic heterocycles. The van der Waals surface area contributed by atoms with Crippen molar-refractivity contribution in [1.29, 1.82) is 0 Å². The normalized spacial score (nSPS) is 10.4. The Morgan fingerprint density at radius 3 is 2.25 bits per heavy atom. The summed E-state index contributed by atoms with van der Waals surface area (Å²) in [5.41, 5.74) is 3.75. The maximum absolute atomic E-state index is 12.3. The van der Waals surface area contributed by atoms with Crippen LogP contribution in [0.25, 0.3) is 0 Å². The minimum absolute atomic E-state index is 0.139. The number of rotatable bonds is 2. The van der Waals surface area contributed by atoms with Gasteiger partial charge in [0.15, 0.2) is 5.78 Å². The molecule has 82 valence electrons. The van der Waals surface area contributed by atoms with Gasteiger partial charge in [-0.3, -0.25) is 4.79 Å². The minimum atomic E-state index is 0.139. The van der Waals surface area contributed by atoms with E-state index in [0.29, 0.717) is 0 Å². The van der Waals surface area contributed by atoms with Gasteiger partial charge in [-0.2, -0.15) is 0 Å². The van der Waals surface area contributed by atoms with Gasteiger partial charge in [0.25, 0.3) is 0 Å². The molecule has 1 aromatic carbocycles. The molecular formula is C14H14OS. The van der Waals surface area contributed by atoms with E-state index in [1.54, 1.807) is 11.3 Å². The molecule has 2 rings (SSSR count). The van der Waals surface area contributed by atoms with E-state index in [1.165, 1.54) is 4.88 Å². The van der Waals surface area contributed by atoms with Crippen LogP contribution in [0.4, 0.5) is 0 Å². The Morgan fingerprint density at radius 1 is 1.12 bits per heavy atom. The summed E-state index contributed by atoms with van der Waals surface area (Å²) in [5.74, 6) is 0.139. The molecule has 16 heavy (non-hydrogen) atoms. The number of hydrogen-bond acceptors (Lipinski definition) is 2. The highest BCUT2D eigenvalue weighted by Gasteiger charge is 2.14. The topological polar surface area (TPSA) is 17.1 Å². The van der Waals surface area contributed by atoms with Crippen molar-refractivity contribution in [2.24, 2.45) is 0 Å². The summed E-state index contributed by atoms with van der Waals surface area (Å²) >= 11 is 1.62. The number of carbonyl (C=O) groups is 1. The second-order valence-electron chi connectivity index (χ2n) is 4.04. The molecule has 0 N–H and O–H groups in total. The van der Waals surface area contributed by atoms with E-state index in [2.05, 4.69) is 0 Å². The van der Waals surface area contributed by atoms with Crippen LogP contribution in [0.3, 0.4) is 0 Å². The van der Waals surface area contributed by atoms with E-state index in [1.807, 2.05) is 50.4 Å². The second kappa shape index (κ2) is 4.22. The van der Waals surface area contributed by atoms with Gasteiger partial charge in [0.2, 0.25) is 0 Å². The van der Waals surface area contributed by atoms with Crippen molar-refractivity contribution in [2.75, 3.05) is 0 Å². The number of hydrogen-bond donors (Lipinski definition) is 0. The van der Waals surface area contributed by atoms with E-state index < -0.39 is 0 Å². The largest absolute Gasteiger partial charge is 0.289 e. The monoisotopic (exact) mass is 230 g/mol. The lowest BCUT2D eigenvalue weighted by Crippen LogP contribution is -2.04. The molecule has 1 nitrogen and oxygen atoms in total. The van der Waals surface area contributed by atoms with E-state index in [9.17, 15) is 4.79 Å². The predicted octanol–water partition coefficient (Wildman–Crippen LogP) is 3.90. The summed E-state index contributed by atoms with van der Waals surface area (Å²) in [7, 11) is 0. The summed E-state index contributed by atoms with van der Waals surface area (Å²) in [6.07, 6.45) is 0. The van der Waals surface area contributed by atoms with Gasteiger partial charge in [-0.25, -0.2) is 0 Å². The Kier molecular flexibility index (Phi) is 2.92. The van der Waals surface area contributed by atoms with Crippen molar-refractivity contribution in [3.63, 3.8) is 0 Å². The molecule has 2 heteroatoms. The summed E-state index contributed by atoms with van der Waals surface area (Å²) in [6, 6.07) is 7.91. The van der Waals surface area contributed by atoms with Crippen LogP contribution in [0.2, 0.25) is 0 Å². The smallest absolute Gasteiger partial charge is 0.194 e. The Balaban J connectivity index is 2.49. The highest BCUT2D eigenvalue weighted by molar-refractivity contribution is 7.10. The number of aryl methyl sites for hydroxylation is 3. The first-order valence-electron chi connectivity index (χ1n) is 5.25. The fraction of sp³-hybridized carbons (Fsp3) is 0.214. The molecule has 0 saturated heterocycles. The first-order chi connectivity index (χ1) is 7.59. The van der Waals surface area contributed by atoms with E-state index in [0.717, 1.165) is 22.3 Å². The Bertz CT molecular complexity index is 517. The zero-order valence-electron chi connectivity index (χ0n) is 9.70. The molecule has 0 unspecified atom stereocenters. The number of thiophene rings is 1. The van der Waals surface area contributed by atoms with Crippen molar-refractivity contribution in [2.45, 2.75) is 20.8 Å². The van der Waals surface area contributed by atoms with Crippen LogP contribution in [-0.4, -0.2) is 5.78 Å². The van der Waals surface area contributed by atoms with Gasteiger partial charge in [-0.15, -0.1) is 11.3 Å². The third kappa shape index (κ3) is 1.93.